The minimum atomic E-state index is 0.431. The Morgan fingerprint density at radius 3 is 2.93 bits per heavy atom. The average Bonchev–Trinajstić information content (AvgIpc) is 2.62. The molecule has 2 aromatic rings. The summed E-state index contributed by atoms with van der Waals surface area (Å²) in [6.07, 6.45) is 2.99. The summed E-state index contributed by atoms with van der Waals surface area (Å²) < 4.78 is 2.01. The molecule has 2 rings (SSSR count). The van der Waals surface area contributed by atoms with E-state index in [0.29, 0.717) is 6.54 Å². The van der Waals surface area contributed by atoms with Gasteiger partial charge in [0.1, 0.15) is 6.54 Å². The Morgan fingerprint density at radius 1 is 1.36 bits per heavy atom. The minimum Gasteiger partial charge on any atom is -0.333 e. The second-order valence-corrected chi connectivity index (χ2v) is 3.31. The fraction of sp³-hybridized carbons (Fsp3) is 0.250. The quantitative estimate of drug-likeness (QED) is 0.705. The first-order valence-electron chi connectivity index (χ1n) is 4.80. The van der Waals surface area contributed by atoms with Crippen LogP contribution in [0, 0.1) is 11.3 Å². The molecule has 0 N–H and O–H groups in total. The Hall–Kier alpha value is -1.75. The molecule has 1 aromatic carbocycles. The first-order valence-corrected chi connectivity index (χ1v) is 4.80. The summed E-state index contributed by atoms with van der Waals surface area (Å²) in [7, 11) is 0. The zero-order chi connectivity index (χ0) is 9.97. The lowest BCUT2D eigenvalue weighted by Crippen LogP contribution is -1.95. The smallest absolute Gasteiger partial charge is 0.110 e. The van der Waals surface area contributed by atoms with Crippen molar-refractivity contribution in [2.24, 2.45) is 0 Å². The zero-order valence-electron chi connectivity index (χ0n) is 8.20. The summed E-state index contributed by atoms with van der Waals surface area (Å²) in [5.74, 6) is 0. The van der Waals surface area contributed by atoms with E-state index in [2.05, 4.69) is 37.3 Å². The molecule has 0 aliphatic carbocycles. The highest BCUT2D eigenvalue weighted by atomic mass is 14.9. The number of hydrogen-bond acceptors (Lipinski definition) is 1. The van der Waals surface area contributed by atoms with E-state index < -0.39 is 0 Å². The number of rotatable bonds is 2. The van der Waals surface area contributed by atoms with Crippen molar-refractivity contribution in [3.05, 3.63) is 36.0 Å². The molecule has 0 fully saturated rings. The van der Waals surface area contributed by atoms with Crippen LogP contribution < -0.4 is 0 Å². The second kappa shape index (κ2) is 3.55. The van der Waals surface area contributed by atoms with Crippen LogP contribution in [0.4, 0.5) is 0 Å². The van der Waals surface area contributed by atoms with Crippen molar-refractivity contribution in [1.29, 1.82) is 5.26 Å². The summed E-state index contributed by atoms with van der Waals surface area (Å²) in [5.41, 5.74) is 2.51. The number of benzene rings is 1. The van der Waals surface area contributed by atoms with Crippen molar-refractivity contribution >= 4 is 10.9 Å². The number of aryl methyl sites for hydroxylation is 1. The van der Waals surface area contributed by atoms with Gasteiger partial charge < -0.3 is 4.57 Å². The molecular weight excluding hydrogens is 172 g/mol. The molecule has 0 unspecified atom stereocenters. The maximum absolute atomic E-state index is 8.69. The summed E-state index contributed by atoms with van der Waals surface area (Å²) in [6.45, 7) is 2.57. The van der Waals surface area contributed by atoms with E-state index in [0.717, 1.165) is 6.42 Å². The lowest BCUT2D eigenvalue weighted by atomic mass is 10.1. The molecular formula is C12H12N2. The van der Waals surface area contributed by atoms with E-state index in [1.54, 1.807) is 0 Å². The van der Waals surface area contributed by atoms with Crippen LogP contribution in [0.2, 0.25) is 0 Å². The van der Waals surface area contributed by atoms with Crippen LogP contribution in [0.3, 0.4) is 0 Å². The third-order valence-corrected chi connectivity index (χ3v) is 2.49. The van der Waals surface area contributed by atoms with Crippen LogP contribution in [0.25, 0.3) is 10.9 Å². The summed E-state index contributed by atoms with van der Waals surface area (Å²) in [6, 6.07) is 10.5. The maximum atomic E-state index is 8.69. The monoisotopic (exact) mass is 184 g/mol. The zero-order valence-corrected chi connectivity index (χ0v) is 8.20. The largest absolute Gasteiger partial charge is 0.333 e. The fourth-order valence-corrected chi connectivity index (χ4v) is 1.83. The molecule has 0 saturated carbocycles. The predicted octanol–water partition coefficient (Wildman–Crippen LogP) is 2.73. The Labute approximate surface area is 83.4 Å². The van der Waals surface area contributed by atoms with E-state index >= 15 is 0 Å². The van der Waals surface area contributed by atoms with E-state index in [4.69, 9.17) is 5.26 Å². The van der Waals surface area contributed by atoms with E-state index in [1.807, 2.05) is 10.8 Å². The van der Waals surface area contributed by atoms with Crippen molar-refractivity contribution in [3.8, 4) is 6.07 Å². The number of para-hydroxylation sites is 1. The highest BCUT2D eigenvalue weighted by Gasteiger charge is 2.03. The van der Waals surface area contributed by atoms with E-state index in [1.165, 1.54) is 16.5 Å². The van der Waals surface area contributed by atoms with Gasteiger partial charge >= 0.3 is 0 Å². The van der Waals surface area contributed by atoms with Crippen molar-refractivity contribution in [3.63, 3.8) is 0 Å². The molecule has 0 amide bonds. The lowest BCUT2D eigenvalue weighted by Gasteiger charge is -2.04. The normalized spacial score (nSPS) is 10.3. The molecule has 1 aromatic heterocycles. The molecule has 2 heteroatoms. The molecule has 70 valence electrons. The topological polar surface area (TPSA) is 28.7 Å². The van der Waals surface area contributed by atoms with Crippen LogP contribution in [0.5, 0.6) is 0 Å². The van der Waals surface area contributed by atoms with Gasteiger partial charge in [-0.1, -0.05) is 25.1 Å². The maximum Gasteiger partial charge on any atom is 0.110 e. The molecule has 0 atom stereocenters. The number of fused-ring (bicyclic) bond motifs is 1. The molecule has 1 heterocycles. The van der Waals surface area contributed by atoms with Crippen molar-refractivity contribution < 1.29 is 0 Å². The molecule has 14 heavy (non-hydrogen) atoms. The molecule has 0 spiro atoms. The van der Waals surface area contributed by atoms with Crippen molar-refractivity contribution in [2.45, 2.75) is 19.9 Å². The van der Waals surface area contributed by atoms with Crippen LogP contribution >= 0.6 is 0 Å². The van der Waals surface area contributed by atoms with Gasteiger partial charge in [-0.05, 0) is 23.4 Å². The molecule has 0 aliphatic heterocycles. The van der Waals surface area contributed by atoms with Crippen molar-refractivity contribution in [2.75, 3.05) is 0 Å². The van der Waals surface area contributed by atoms with Gasteiger partial charge in [-0.2, -0.15) is 5.26 Å². The van der Waals surface area contributed by atoms with E-state index in [-0.39, 0.29) is 0 Å². The Balaban J connectivity index is 2.69. The molecule has 0 radical (unpaired) electrons. The van der Waals surface area contributed by atoms with E-state index in [9.17, 15) is 0 Å². The van der Waals surface area contributed by atoms with Crippen LogP contribution in [0.1, 0.15) is 12.5 Å². The Kier molecular flexibility index (Phi) is 2.24. The van der Waals surface area contributed by atoms with Gasteiger partial charge in [0.15, 0.2) is 0 Å². The second-order valence-electron chi connectivity index (χ2n) is 3.31. The summed E-state index contributed by atoms with van der Waals surface area (Å²) in [4.78, 5) is 0. The number of hydrogen-bond donors (Lipinski definition) is 0. The van der Waals surface area contributed by atoms with Gasteiger partial charge in [0.05, 0.1) is 11.6 Å². The van der Waals surface area contributed by atoms with Gasteiger partial charge in [0.25, 0.3) is 0 Å². The minimum absolute atomic E-state index is 0.431. The standard InChI is InChI=1S/C12H12N2/c1-2-10-4-3-5-11-6-8-14(9-7-13)12(10)11/h3-6,8H,2,9H2,1H3. The Morgan fingerprint density at radius 2 is 2.21 bits per heavy atom. The van der Waals surface area contributed by atoms with Crippen LogP contribution in [0.15, 0.2) is 30.5 Å². The average molecular weight is 184 g/mol. The molecule has 0 saturated heterocycles. The fourth-order valence-electron chi connectivity index (χ4n) is 1.83. The van der Waals surface area contributed by atoms with Gasteiger partial charge in [-0.25, -0.2) is 0 Å². The third-order valence-electron chi connectivity index (χ3n) is 2.49. The first-order chi connectivity index (χ1) is 6.86. The Bertz CT molecular complexity index is 488. The summed E-state index contributed by atoms with van der Waals surface area (Å²) in [5, 5.41) is 9.91. The SMILES string of the molecule is CCc1cccc2ccn(CC#N)c12. The first kappa shape index (κ1) is 8.83. The molecule has 0 bridgehead atoms. The van der Waals surface area contributed by atoms with Gasteiger partial charge in [-0.15, -0.1) is 0 Å². The number of aromatic nitrogens is 1. The molecule has 0 aliphatic rings. The molecule has 2 nitrogen and oxygen atoms in total. The summed E-state index contributed by atoms with van der Waals surface area (Å²) >= 11 is 0. The van der Waals surface area contributed by atoms with Crippen LogP contribution in [-0.2, 0) is 13.0 Å². The predicted molar refractivity (Wildman–Crippen MR) is 56.9 cm³/mol. The highest BCUT2D eigenvalue weighted by Crippen LogP contribution is 2.20. The number of nitrogens with zero attached hydrogens (tertiary/aromatic N) is 2. The third kappa shape index (κ3) is 1.27. The van der Waals surface area contributed by atoms with Gasteiger partial charge in [0, 0.05) is 6.20 Å². The van der Waals surface area contributed by atoms with Gasteiger partial charge in [-0.3, -0.25) is 0 Å². The highest BCUT2D eigenvalue weighted by molar-refractivity contribution is 5.83. The van der Waals surface area contributed by atoms with Gasteiger partial charge in [0.2, 0.25) is 0 Å². The lowest BCUT2D eigenvalue weighted by molar-refractivity contribution is 0.867. The van der Waals surface area contributed by atoms with Crippen LogP contribution in [-0.4, -0.2) is 4.57 Å². The van der Waals surface area contributed by atoms with Crippen molar-refractivity contribution in [1.82, 2.24) is 4.57 Å². The number of nitriles is 1.